The van der Waals surface area contributed by atoms with Crippen molar-refractivity contribution >= 4 is 34.1 Å². The molecule has 1 fully saturated rings. The molecular weight excluding hydrogens is 412 g/mol. The van der Waals surface area contributed by atoms with Crippen molar-refractivity contribution < 1.29 is 4.79 Å². The fraction of sp³-hybridized carbons (Fsp3) is 0.269. The number of hydrogen-bond donors (Lipinski definition) is 2. The molecule has 2 aliphatic heterocycles. The molecule has 1 saturated heterocycles. The van der Waals surface area contributed by atoms with Gasteiger partial charge in [0.15, 0.2) is 0 Å². The molecule has 1 aromatic carbocycles. The molecule has 4 aromatic rings. The fourth-order valence-electron chi connectivity index (χ4n) is 5.04. The third-order valence-electron chi connectivity index (χ3n) is 6.76. The molecule has 7 heteroatoms. The second-order valence-corrected chi connectivity index (χ2v) is 8.79. The zero-order valence-corrected chi connectivity index (χ0v) is 18.6. The molecule has 0 atom stereocenters. The number of piperidine rings is 1. The van der Waals surface area contributed by atoms with Crippen molar-refractivity contribution in [1.82, 2.24) is 19.9 Å². The molecule has 0 aliphatic carbocycles. The number of anilines is 3. The monoisotopic (exact) mass is 438 g/mol. The quantitative estimate of drug-likeness (QED) is 0.487. The molecule has 6 rings (SSSR count). The predicted octanol–water partition coefficient (Wildman–Crippen LogP) is 4.61. The van der Waals surface area contributed by atoms with Gasteiger partial charge in [0.1, 0.15) is 11.5 Å². The summed E-state index contributed by atoms with van der Waals surface area (Å²) in [6.45, 7) is 2.69. The standard InChI is InChI=1S/C26H26N6O/c1-31-14-10-20-19(9-11-27-25(20)31)18-6-7-22(24-21(18)16-29-26(24)33)30-23-8-5-17(15-28-23)32-12-3-2-4-13-32/h5-11,14-15H,2-4,12-13,16H2,1H3,(H,28,30)(H,29,33). The number of carbonyl (C=O) groups excluding carboxylic acids is 1. The summed E-state index contributed by atoms with van der Waals surface area (Å²) in [7, 11) is 1.99. The summed E-state index contributed by atoms with van der Waals surface area (Å²) in [5.74, 6) is 0.678. The first-order chi connectivity index (χ1) is 16.2. The number of nitrogens with one attached hydrogen (secondary N) is 2. The van der Waals surface area contributed by atoms with Crippen LogP contribution in [0.5, 0.6) is 0 Å². The number of benzene rings is 1. The molecule has 0 unspecified atom stereocenters. The maximum atomic E-state index is 12.8. The Morgan fingerprint density at radius 2 is 1.85 bits per heavy atom. The maximum Gasteiger partial charge on any atom is 0.254 e. The van der Waals surface area contributed by atoms with E-state index in [1.165, 1.54) is 19.3 Å². The number of aromatic nitrogens is 3. The number of pyridine rings is 2. The molecule has 166 valence electrons. The SMILES string of the molecule is Cn1ccc2c(-c3ccc(Nc4ccc(N5CCCCC5)cn4)c4c3CNC4=O)ccnc21. The summed E-state index contributed by atoms with van der Waals surface area (Å²) in [6, 6.07) is 12.3. The molecule has 0 bridgehead atoms. The molecule has 7 nitrogen and oxygen atoms in total. The van der Waals surface area contributed by atoms with Gasteiger partial charge in [-0.25, -0.2) is 9.97 Å². The van der Waals surface area contributed by atoms with Gasteiger partial charge in [0.25, 0.3) is 5.91 Å². The normalized spacial score (nSPS) is 15.5. The first kappa shape index (κ1) is 19.8. The summed E-state index contributed by atoms with van der Waals surface area (Å²) in [5.41, 5.74) is 6.70. The first-order valence-electron chi connectivity index (χ1n) is 11.5. The van der Waals surface area contributed by atoms with Gasteiger partial charge in [-0.05, 0) is 66.3 Å². The van der Waals surface area contributed by atoms with E-state index in [0.717, 1.165) is 58.0 Å². The molecular formula is C26H26N6O. The number of aryl methyl sites for hydroxylation is 1. The lowest BCUT2D eigenvalue weighted by Crippen LogP contribution is -2.29. The van der Waals surface area contributed by atoms with Gasteiger partial charge < -0.3 is 20.1 Å². The first-order valence-corrected chi connectivity index (χ1v) is 11.5. The molecule has 2 aliphatic rings. The second kappa shape index (κ2) is 7.92. The van der Waals surface area contributed by atoms with Gasteiger partial charge in [0.2, 0.25) is 0 Å². The number of rotatable bonds is 4. The molecule has 2 N–H and O–H groups in total. The molecule has 0 saturated carbocycles. The lowest BCUT2D eigenvalue weighted by Gasteiger charge is -2.28. The lowest BCUT2D eigenvalue weighted by atomic mass is 9.94. The average molecular weight is 439 g/mol. The van der Waals surface area contributed by atoms with Gasteiger partial charge in [-0.2, -0.15) is 0 Å². The van der Waals surface area contributed by atoms with Gasteiger partial charge in [-0.15, -0.1) is 0 Å². The molecule has 1 amide bonds. The highest BCUT2D eigenvalue weighted by Gasteiger charge is 2.27. The van der Waals surface area contributed by atoms with Crippen molar-refractivity contribution in [2.24, 2.45) is 7.05 Å². The zero-order valence-electron chi connectivity index (χ0n) is 18.6. The van der Waals surface area contributed by atoms with E-state index in [0.29, 0.717) is 12.1 Å². The van der Waals surface area contributed by atoms with Crippen LogP contribution in [0.2, 0.25) is 0 Å². The maximum absolute atomic E-state index is 12.8. The van der Waals surface area contributed by atoms with Crippen LogP contribution in [0.25, 0.3) is 22.2 Å². The minimum Gasteiger partial charge on any atom is -0.370 e. The lowest BCUT2D eigenvalue weighted by molar-refractivity contribution is 0.0966. The van der Waals surface area contributed by atoms with Crippen molar-refractivity contribution in [1.29, 1.82) is 0 Å². The van der Waals surface area contributed by atoms with E-state index in [1.54, 1.807) is 0 Å². The van der Waals surface area contributed by atoms with Gasteiger partial charge >= 0.3 is 0 Å². The number of amides is 1. The average Bonchev–Trinajstić information content (AvgIpc) is 3.44. The van der Waals surface area contributed by atoms with Gasteiger partial charge in [-0.1, -0.05) is 6.07 Å². The minimum atomic E-state index is -0.0577. The molecule has 3 aromatic heterocycles. The van der Waals surface area contributed by atoms with E-state index >= 15 is 0 Å². The van der Waals surface area contributed by atoms with Crippen LogP contribution < -0.4 is 15.5 Å². The van der Waals surface area contributed by atoms with Crippen molar-refractivity contribution in [3.8, 4) is 11.1 Å². The Morgan fingerprint density at radius 3 is 2.67 bits per heavy atom. The van der Waals surface area contributed by atoms with Gasteiger partial charge in [0, 0.05) is 44.5 Å². The smallest absolute Gasteiger partial charge is 0.254 e. The molecule has 5 heterocycles. The van der Waals surface area contributed by atoms with Crippen molar-refractivity contribution in [2.75, 3.05) is 23.3 Å². The molecule has 0 spiro atoms. The summed E-state index contributed by atoms with van der Waals surface area (Å²) in [5, 5.41) is 7.46. The highest BCUT2D eigenvalue weighted by molar-refractivity contribution is 6.07. The second-order valence-electron chi connectivity index (χ2n) is 8.79. The number of nitrogens with zero attached hydrogens (tertiary/aromatic N) is 4. The summed E-state index contributed by atoms with van der Waals surface area (Å²) in [4.78, 5) is 24.3. The van der Waals surface area contributed by atoms with Crippen LogP contribution in [0, 0.1) is 0 Å². The zero-order chi connectivity index (χ0) is 22.4. The van der Waals surface area contributed by atoms with E-state index in [4.69, 9.17) is 0 Å². The Bertz CT molecular complexity index is 1350. The highest BCUT2D eigenvalue weighted by Crippen LogP contribution is 2.37. The summed E-state index contributed by atoms with van der Waals surface area (Å²) in [6.07, 6.45) is 9.54. The van der Waals surface area contributed by atoms with E-state index in [9.17, 15) is 4.79 Å². The van der Waals surface area contributed by atoms with Crippen LogP contribution in [-0.4, -0.2) is 33.5 Å². The Labute approximate surface area is 192 Å². The Balaban J connectivity index is 1.35. The molecule has 0 radical (unpaired) electrons. The van der Waals surface area contributed by atoms with Crippen LogP contribution >= 0.6 is 0 Å². The van der Waals surface area contributed by atoms with Gasteiger partial charge in [-0.3, -0.25) is 4.79 Å². The highest BCUT2D eigenvalue weighted by atomic mass is 16.1. The van der Waals surface area contributed by atoms with Crippen molar-refractivity contribution in [3.05, 3.63) is 66.1 Å². The minimum absolute atomic E-state index is 0.0577. The summed E-state index contributed by atoms with van der Waals surface area (Å²) < 4.78 is 2.01. The third-order valence-corrected chi connectivity index (χ3v) is 6.76. The topological polar surface area (TPSA) is 75.1 Å². The predicted molar refractivity (Wildman–Crippen MR) is 131 cm³/mol. The third kappa shape index (κ3) is 3.40. The van der Waals surface area contributed by atoms with Crippen LogP contribution in [0.4, 0.5) is 17.2 Å². The summed E-state index contributed by atoms with van der Waals surface area (Å²) >= 11 is 0. The van der Waals surface area contributed by atoms with Crippen LogP contribution in [0.15, 0.2) is 55.0 Å². The van der Waals surface area contributed by atoms with Crippen molar-refractivity contribution in [2.45, 2.75) is 25.8 Å². The van der Waals surface area contributed by atoms with E-state index < -0.39 is 0 Å². The Morgan fingerprint density at radius 1 is 0.970 bits per heavy atom. The van der Waals surface area contributed by atoms with E-state index in [-0.39, 0.29) is 5.91 Å². The van der Waals surface area contributed by atoms with Crippen LogP contribution in [-0.2, 0) is 13.6 Å². The Hall–Kier alpha value is -3.87. The molecule has 33 heavy (non-hydrogen) atoms. The Kier molecular flexibility index (Phi) is 4.75. The number of hydrogen-bond acceptors (Lipinski definition) is 5. The van der Waals surface area contributed by atoms with Gasteiger partial charge in [0.05, 0.1) is 23.1 Å². The van der Waals surface area contributed by atoms with E-state index in [1.807, 2.05) is 48.4 Å². The van der Waals surface area contributed by atoms with Crippen LogP contribution in [0.1, 0.15) is 35.2 Å². The number of fused-ring (bicyclic) bond motifs is 2. The van der Waals surface area contributed by atoms with E-state index in [2.05, 4.69) is 43.7 Å². The largest absolute Gasteiger partial charge is 0.370 e. The van der Waals surface area contributed by atoms with Crippen molar-refractivity contribution in [3.63, 3.8) is 0 Å². The van der Waals surface area contributed by atoms with Crippen LogP contribution in [0.3, 0.4) is 0 Å². The number of carbonyl (C=O) groups is 1. The fourth-order valence-corrected chi connectivity index (χ4v) is 5.04.